The number of nitrogens with one attached hydrogen (secondary N) is 1. The molecule has 0 saturated heterocycles. The van der Waals surface area contributed by atoms with Crippen molar-refractivity contribution in [2.24, 2.45) is 5.92 Å². The zero-order valence-corrected chi connectivity index (χ0v) is 13.2. The SMILES string of the molecule is COc1ccc(O)c(C(C)NCC2(O)CCCC(C)C2)c1. The van der Waals surface area contributed by atoms with Crippen molar-refractivity contribution in [3.05, 3.63) is 23.8 Å². The van der Waals surface area contributed by atoms with Crippen molar-refractivity contribution in [1.29, 1.82) is 0 Å². The fraction of sp³-hybridized carbons (Fsp3) is 0.647. The third kappa shape index (κ3) is 4.11. The quantitative estimate of drug-likeness (QED) is 0.781. The first kappa shape index (κ1) is 16.1. The highest BCUT2D eigenvalue weighted by atomic mass is 16.5. The van der Waals surface area contributed by atoms with Crippen LogP contribution in [0, 0.1) is 5.92 Å². The lowest BCUT2D eigenvalue weighted by molar-refractivity contribution is -0.0134. The molecule has 4 heteroatoms. The van der Waals surface area contributed by atoms with Crippen molar-refractivity contribution in [1.82, 2.24) is 5.32 Å². The number of methoxy groups -OCH3 is 1. The summed E-state index contributed by atoms with van der Waals surface area (Å²) in [5.41, 5.74) is 0.169. The van der Waals surface area contributed by atoms with Gasteiger partial charge in [0.2, 0.25) is 0 Å². The van der Waals surface area contributed by atoms with Crippen molar-refractivity contribution < 1.29 is 14.9 Å². The summed E-state index contributed by atoms with van der Waals surface area (Å²) in [5, 5.41) is 24.0. The number of phenols is 1. The van der Waals surface area contributed by atoms with E-state index in [0.29, 0.717) is 12.5 Å². The molecule has 1 aliphatic rings. The molecule has 0 aliphatic heterocycles. The van der Waals surface area contributed by atoms with Crippen LogP contribution in [0.1, 0.15) is 51.1 Å². The second-order valence-electron chi connectivity index (χ2n) is 6.45. The van der Waals surface area contributed by atoms with Gasteiger partial charge in [-0.05, 0) is 43.9 Å². The number of phenolic OH excluding ortho intramolecular Hbond substituents is 1. The molecule has 1 aromatic rings. The Balaban J connectivity index is 1.99. The van der Waals surface area contributed by atoms with Gasteiger partial charge in [-0.25, -0.2) is 0 Å². The number of aliphatic hydroxyl groups is 1. The highest BCUT2D eigenvalue weighted by Crippen LogP contribution is 2.33. The van der Waals surface area contributed by atoms with Crippen LogP contribution < -0.4 is 10.1 Å². The fourth-order valence-electron chi connectivity index (χ4n) is 3.25. The monoisotopic (exact) mass is 293 g/mol. The van der Waals surface area contributed by atoms with Gasteiger partial charge in [0.05, 0.1) is 12.7 Å². The summed E-state index contributed by atoms with van der Waals surface area (Å²) >= 11 is 0. The fourth-order valence-corrected chi connectivity index (χ4v) is 3.25. The van der Waals surface area contributed by atoms with E-state index in [2.05, 4.69) is 12.2 Å². The van der Waals surface area contributed by atoms with Crippen LogP contribution in [0.2, 0.25) is 0 Å². The van der Waals surface area contributed by atoms with Crippen LogP contribution in [0.4, 0.5) is 0 Å². The maximum absolute atomic E-state index is 10.7. The smallest absolute Gasteiger partial charge is 0.120 e. The average Bonchev–Trinajstić information content (AvgIpc) is 2.45. The Morgan fingerprint density at radius 2 is 2.24 bits per heavy atom. The molecule has 0 spiro atoms. The molecule has 1 saturated carbocycles. The van der Waals surface area contributed by atoms with Crippen molar-refractivity contribution in [3.63, 3.8) is 0 Å². The van der Waals surface area contributed by atoms with Gasteiger partial charge >= 0.3 is 0 Å². The summed E-state index contributed by atoms with van der Waals surface area (Å²) in [5.74, 6) is 1.55. The van der Waals surface area contributed by atoms with E-state index in [4.69, 9.17) is 4.74 Å². The van der Waals surface area contributed by atoms with E-state index in [9.17, 15) is 10.2 Å². The first-order valence-corrected chi connectivity index (χ1v) is 7.76. The summed E-state index contributed by atoms with van der Waals surface area (Å²) in [6, 6.07) is 5.17. The molecule has 21 heavy (non-hydrogen) atoms. The topological polar surface area (TPSA) is 61.7 Å². The minimum absolute atomic E-state index is 0.0404. The summed E-state index contributed by atoms with van der Waals surface area (Å²) in [6.07, 6.45) is 3.98. The summed E-state index contributed by atoms with van der Waals surface area (Å²) in [4.78, 5) is 0. The summed E-state index contributed by atoms with van der Waals surface area (Å²) in [6.45, 7) is 4.74. The standard InChI is InChI=1S/C17H27NO3/c1-12-5-4-8-17(20,10-12)11-18-13(2)15-9-14(21-3)6-7-16(15)19/h6-7,9,12-13,18-20H,4-5,8,10-11H2,1-3H3. The maximum atomic E-state index is 10.7. The number of benzene rings is 1. The lowest BCUT2D eigenvalue weighted by Gasteiger charge is -2.36. The minimum atomic E-state index is -0.625. The van der Waals surface area contributed by atoms with Crippen molar-refractivity contribution in [3.8, 4) is 11.5 Å². The van der Waals surface area contributed by atoms with E-state index in [1.807, 2.05) is 13.0 Å². The highest BCUT2D eigenvalue weighted by Gasteiger charge is 2.32. The number of ether oxygens (including phenoxy) is 1. The van der Waals surface area contributed by atoms with Crippen LogP contribution in [-0.4, -0.2) is 29.5 Å². The Labute approximate surface area is 127 Å². The number of hydrogen-bond donors (Lipinski definition) is 3. The van der Waals surface area contributed by atoms with Crippen LogP contribution in [0.25, 0.3) is 0 Å². The molecule has 1 aromatic carbocycles. The van der Waals surface area contributed by atoms with Gasteiger partial charge in [-0.3, -0.25) is 0 Å². The van der Waals surface area contributed by atoms with Gasteiger partial charge in [0, 0.05) is 18.2 Å². The Hall–Kier alpha value is -1.26. The molecule has 0 aromatic heterocycles. The molecule has 3 N–H and O–H groups in total. The normalized spacial score (nSPS) is 27.3. The largest absolute Gasteiger partial charge is 0.508 e. The van der Waals surface area contributed by atoms with Crippen LogP contribution in [0.3, 0.4) is 0 Å². The van der Waals surface area contributed by atoms with Crippen molar-refractivity contribution >= 4 is 0 Å². The average molecular weight is 293 g/mol. The molecule has 0 radical (unpaired) electrons. The van der Waals surface area contributed by atoms with Crippen molar-refractivity contribution in [2.75, 3.05) is 13.7 Å². The third-order valence-corrected chi connectivity index (χ3v) is 4.51. The third-order valence-electron chi connectivity index (χ3n) is 4.51. The van der Waals surface area contributed by atoms with E-state index in [1.54, 1.807) is 19.2 Å². The van der Waals surface area contributed by atoms with Crippen LogP contribution in [-0.2, 0) is 0 Å². The van der Waals surface area contributed by atoms with Gasteiger partial charge in [0.15, 0.2) is 0 Å². The van der Waals surface area contributed by atoms with Crippen LogP contribution >= 0.6 is 0 Å². The zero-order chi connectivity index (χ0) is 15.5. The molecule has 1 aliphatic carbocycles. The minimum Gasteiger partial charge on any atom is -0.508 e. The molecule has 0 heterocycles. The Morgan fingerprint density at radius 1 is 1.48 bits per heavy atom. The number of aromatic hydroxyl groups is 1. The molecule has 118 valence electrons. The first-order valence-electron chi connectivity index (χ1n) is 7.76. The Bertz CT molecular complexity index is 477. The van der Waals surface area contributed by atoms with Gasteiger partial charge in [-0.2, -0.15) is 0 Å². The van der Waals surface area contributed by atoms with E-state index >= 15 is 0 Å². The second kappa shape index (κ2) is 6.67. The predicted octanol–water partition coefficient (Wildman–Crippen LogP) is 2.99. The Kier molecular flexibility index (Phi) is 5.12. The molecule has 0 amide bonds. The molecule has 0 bridgehead atoms. The molecule has 3 atom stereocenters. The molecular formula is C17H27NO3. The van der Waals surface area contributed by atoms with Crippen molar-refractivity contribution in [2.45, 2.75) is 51.2 Å². The summed E-state index contributed by atoms with van der Waals surface area (Å²) in [7, 11) is 1.61. The van der Waals surface area contributed by atoms with E-state index in [0.717, 1.165) is 30.6 Å². The van der Waals surface area contributed by atoms with Gasteiger partial charge < -0.3 is 20.3 Å². The molecule has 4 nitrogen and oxygen atoms in total. The van der Waals surface area contributed by atoms with E-state index < -0.39 is 5.60 Å². The van der Waals surface area contributed by atoms with Crippen LogP contribution in [0.5, 0.6) is 11.5 Å². The predicted molar refractivity (Wildman–Crippen MR) is 83.7 cm³/mol. The molecule has 2 rings (SSSR count). The summed E-state index contributed by atoms with van der Waals surface area (Å²) < 4.78 is 5.20. The lowest BCUT2D eigenvalue weighted by Crippen LogP contribution is -2.44. The molecule has 3 unspecified atom stereocenters. The van der Waals surface area contributed by atoms with Gasteiger partial charge in [-0.15, -0.1) is 0 Å². The van der Waals surface area contributed by atoms with E-state index in [1.165, 1.54) is 6.42 Å². The van der Waals surface area contributed by atoms with Gasteiger partial charge in [0.25, 0.3) is 0 Å². The van der Waals surface area contributed by atoms with Gasteiger partial charge in [0.1, 0.15) is 11.5 Å². The zero-order valence-electron chi connectivity index (χ0n) is 13.2. The van der Waals surface area contributed by atoms with Crippen LogP contribution in [0.15, 0.2) is 18.2 Å². The maximum Gasteiger partial charge on any atom is 0.120 e. The molecular weight excluding hydrogens is 266 g/mol. The molecule has 1 fully saturated rings. The Morgan fingerprint density at radius 3 is 2.90 bits per heavy atom. The first-order chi connectivity index (χ1) is 9.93. The van der Waals surface area contributed by atoms with Gasteiger partial charge in [-0.1, -0.05) is 19.8 Å². The highest BCUT2D eigenvalue weighted by molar-refractivity contribution is 5.41. The number of rotatable bonds is 5. The lowest BCUT2D eigenvalue weighted by atomic mass is 9.79. The number of hydrogen-bond acceptors (Lipinski definition) is 4. The second-order valence-corrected chi connectivity index (χ2v) is 6.45. The van der Waals surface area contributed by atoms with E-state index in [-0.39, 0.29) is 11.8 Å².